The van der Waals surface area contributed by atoms with Gasteiger partial charge in [-0.15, -0.1) is 0 Å². The van der Waals surface area contributed by atoms with E-state index in [4.69, 9.17) is 4.74 Å². The van der Waals surface area contributed by atoms with Crippen molar-refractivity contribution in [1.29, 1.82) is 5.26 Å². The first-order valence-corrected chi connectivity index (χ1v) is 11.4. The molecule has 0 saturated heterocycles. The number of nitriles is 1. The molecule has 3 heteroatoms. The van der Waals surface area contributed by atoms with E-state index in [1.54, 1.807) is 18.2 Å². The van der Waals surface area contributed by atoms with Crippen LogP contribution in [0.5, 0.6) is 5.75 Å². The second kappa shape index (κ2) is 11.3. The van der Waals surface area contributed by atoms with E-state index in [9.17, 15) is 10.1 Å². The summed E-state index contributed by atoms with van der Waals surface area (Å²) in [5.41, 5.74) is 5.45. The van der Waals surface area contributed by atoms with Gasteiger partial charge < -0.3 is 4.74 Å². The molecule has 0 spiro atoms. The van der Waals surface area contributed by atoms with Gasteiger partial charge in [-0.2, -0.15) is 5.26 Å². The normalized spacial score (nSPS) is 10.7. The van der Waals surface area contributed by atoms with E-state index in [2.05, 4.69) is 51.1 Å². The van der Waals surface area contributed by atoms with E-state index in [1.807, 2.05) is 24.3 Å². The van der Waals surface area contributed by atoms with Crippen LogP contribution < -0.4 is 4.74 Å². The molecule has 0 aromatic heterocycles. The number of rotatable bonds is 9. The Balaban J connectivity index is 1.67. The lowest BCUT2D eigenvalue weighted by Gasteiger charge is -2.09. The van der Waals surface area contributed by atoms with Crippen molar-refractivity contribution >= 4 is 5.97 Å². The average Bonchev–Trinajstić information content (AvgIpc) is 2.82. The van der Waals surface area contributed by atoms with Crippen molar-refractivity contribution in [3.05, 3.63) is 89.0 Å². The van der Waals surface area contributed by atoms with Crippen LogP contribution in [-0.4, -0.2) is 5.97 Å². The Morgan fingerprint density at radius 2 is 1.53 bits per heavy atom. The molecule has 0 saturated carbocycles. The summed E-state index contributed by atoms with van der Waals surface area (Å²) in [7, 11) is 0. The molecule has 0 aliphatic heterocycles. The zero-order chi connectivity index (χ0) is 22.9. The highest BCUT2D eigenvalue weighted by Gasteiger charge is 2.13. The molecule has 32 heavy (non-hydrogen) atoms. The minimum absolute atomic E-state index is 0.304. The van der Waals surface area contributed by atoms with Crippen molar-refractivity contribution < 1.29 is 9.53 Å². The number of aryl methyl sites for hydroxylation is 2. The summed E-state index contributed by atoms with van der Waals surface area (Å²) in [6.45, 7) is 6.62. The fourth-order valence-corrected chi connectivity index (χ4v) is 3.57. The van der Waals surface area contributed by atoms with Crippen molar-refractivity contribution in [2.75, 3.05) is 0 Å². The van der Waals surface area contributed by atoms with Gasteiger partial charge in [-0.25, -0.2) is 4.79 Å². The highest BCUT2D eigenvalue weighted by atomic mass is 16.5. The highest BCUT2D eigenvalue weighted by Crippen LogP contribution is 2.24. The second-order valence-electron chi connectivity index (χ2n) is 8.64. The van der Waals surface area contributed by atoms with Gasteiger partial charge in [-0.1, -0.05) is 69.7 Å². The van der Waals surface area contributed by atoms with Gasteiger partial charge >= 0.3 is 5.97 Å². The van der Waals surface area contributed by atoms with Gasteiger partial charge in [0.05, 0.1) is 11.1 Å². The Morgan fingerprint density at radius 1 is 0.906 bits per heavy atom. The number of nitrogens with zero attached hydrogens (tertiary/aromatic N) is 1. The number of benzene rings is 3. The SMILES string of the molecule is CCCCc1ccc(OC(=O)c2ccc(-c3ccc(CCC(C)C)cc3)cc2)c(C#N)c1. The van der Waals surface area contributed by atoms with Crippen molar-refractivity contribution in [3.8, 4) is 22.9 Å². The largest absolute Gasteiger partial charge is 0.422 e. The molecule has 3 rings (SSSR count). The molecule has 0 atom stereocenters. The summed E-state index contributed by atoms with van der Waals surface area (Å²) in [6.07, 6.45) is 5.35. The minimum Gasteiger partial charge on any atom is -0.422 e. The Bertz CT molecular complexity index is 1070. The molecule has 3 aromatic rings. The van der Waals surface area contributed by atoms with Crippen molar-refractivity contribution in [3.63, 3.8) is 0 Å². The van der Waals surface area contributed by atoms with Gasteiger partial charge in [-0.05, 0) is 78.1 Å². The molecular formula is C29H31NO2. The number of hydrogen-bond donors (Lipinski definition) is 0. The molecule has 0 radical (unpaired) electrons. The molecule has 3 aromatic carbocycles. The van der Waals surface area contributed by atoms with Gasteiger partial charge in [0.25, 0.3) is 0 Å². The molecule has 0 heterocycles. The van der Waals surface area contributed by atoms with Gasteiger partial charge in [0, 0.05) is 0 Å². The van der Waals surface area contributed by atoms with Gasteiger partial charge in [0.2, 0.25) is 0 Å². The third-order valence-corrected chi connectivity index (χ3v) is 5.60. The first kappa shape index (κ1) is 23.3. The quantitative estimate of drug-likeness (QED) is 0.265. The second-order valence-corrected chi connectivity index (χ2v) is 8.64. The van der Waals surface area contributed by atoms with Crippen LogP contribution in [0.3, 0.4) is 0 Å². The Labute approximate surface area is 191 Å². The number of carbonyl (C=O) groups excluding carboxylic acids is 1. The number of hydrogen-bond acceptors (Lipinski definition) is 3. The topological polar surface area (TPSA) is 50.1 Å². The molecule has 0 N–H and O–H groups in total. The van der Waals surface area contributed by atoms with Gasteiger partial charge in [-0.3, -0.25) is 0 Å². The lowest BCUT2D eigenvalue weighted by molar-refractivity contribution is 0.0734. The van der Waals surface area contributed by atoms with E-state index in [1.165, 1.54) is 12.0 Å². The Hall–Kier alpha value is -3.38. The number of ether oxygens (including phenoxy) is 1. The molecule has 0 bridgehead atoms. The maximum absolute atomic E-state index is 12.6. The van der Waals surface area contributed by atoms with Crippen molar-refractivity contribution in [2.24, 2.45) is 5.92 Å². The molecule has 0 amide bonds. The minimum atomic E-state index is -0.460. The van der Waals surface area contributed by atoms with Gasteiger partial charge in [0.15, 0.2) is 0 Å². The molecule has 0 unspecified atom stereocenters. The first-order chi connectivity index (χ1) is 15.5. The number of carbonyl (C=O) groups is 1. The van der Waals surface area contributed by atoms with Crippen LogP contribution in [0.1, 0.15) is 67.1 Å². The predicted octanol–water partition coefficient (Wildman–Crippen LogP) is 7.38. The molecule has 164 valence electrons. The van der Waals surface area contributed by atoms with Crippen LogP contribution in [0, 0.1) is 17.2 Å². The highest BCUT2D eigenvalue weighted by molar-refractivity contribution is 5.92. The van der Waals surface area contributed by atoms with E-state index >= 15 is 0 Å². The van der Waals surface area contributed by atoms with Crippen molar-refractivity contribution in [2.45, 2.75) is 52.9 Å². The summed E-state index contributed by atoms with van der Waals surface area (Å²) < 4.78 is 5.53. The third kappa shape index (κ3) is 6.31. The number of unbranched alkanes of at least 4 members (excludes halogenated alkanes) is 1. The molecule has 0 aliphatic carbocycles. The van der Waals surface area contributed by atoms with Gasteiger partial charge in [0.1, 0.15) is 11.8 Å². The molecule has 3 nitrogen and oxygen atoms in total. The van der Waals surface area contributed by atoms with E-state index in [0.717, 1.165) is 42.4 Å². The van der Waals surface area contributed by atoms with Crippen LogP contribution in [0.2, 0.25) is 0 Å². The van der Waals surface area contributed by atoms with Crippen LogP contribution in [-0.2, 0) is 12.8 Å². The zero-order valence-electron chi connectivity index (χ0n) is 19.2. The standard InChI is InChI=1S/C29H31NO2/c1-4-5-6-23-11-18-28(27(19-23)20-30)32-29(31)26-16-14-25(15-17-26)24-12-9-22(10-13-24)8-7-21(2)3/h9-19,21H,4-8H2,1-3H3. The first-order valence-electron chi connectivity index (χ1n) is 11.4. The summed E-state index contributed by atoms with van der Waals surface area (Å²) in [6, 6.07) is 23.6. The van der Waals surface area contributed by atoms with Crippen LogP contribution in [0.25, 0.3) is 11.1 Å². The van der Waals surface area contributed by atoms with E-state index < -0.39 is 5.97 Å². The third-order valence-electron chi connectivity index (χ3n) is 5.60. The molecule has 0 fully saturated rings. The summed E-state index contributed by atoms with van der Waals surface area (Å²) in [4.78, 5) is 12.6. The maximum Gasteiger partial charge on any atom is 0.343 e. The predicted molar refractivity (Wildman–Crippen MR) is 130 cm³/mol. The summed E-state index contributed by atoms with van der Waals surface area (Å²) in [5, 5.41) is 9.45. The summed E-state index contributed by atoms with van der Waals surface area (Å²) in [5.74, 6) is 0.544. The lowest BCUT2D eigenvalue weighted by Crippen LogP contribution is -2.09. The fourth-order valence-electron chi connectivity index (χ4n) is 3.57. The average molecular weight is 426 g/mol. The van der Waals surface area contributed by atoms with Crippen molar-refractivity contribution in [1.82, 2.24) is 0 Å². The smallest absolute Gasteiger partial charge is 0.343 e. The van der Waals surface area contributed by atoms with Crippen LogP contribution in [0.15, 0.2) is 66.7 Å². The Kier molecular flexibility index (Phi) is 8.22. The molecular weight excluding hydrogens is 394 g/mol. The monoisotopic (exact) mass is 425 g/mol. The molecule has 0 aliphatic rings. The van der Waals surface area contributed by atoms with E-state index in [0.29, 0.717) is 22.8 Å². The van der Waals surface area contributed by atoms with Crippen LogP contribution in [0.4, 0.5) is 0 Å². The van der Waals surface area contributed by atoms with E-state index in [-0.39, 0.29) is 0 Å². The zero-order valence-corrected chi connectivity index (χ0v) is 19.2. The van der Waals surface area contributed by atoms with Crippen LogP contribution >= 0.6 is 0 Å². The summed E-state index contributed by atoms with van der Waals surface area (Å²) >= 11 is 0. The maximum atomic E-state index is 12.6. The fraction of sp³-hybridized carbons (Fsp3) is 0.310. The lowest BCUT2D eigenvalue weighted by atomic mass is 9.99. The Morgan fingerprint density at radius 3 is 2.12 bits per heavy atom. The number of esters is 1.